The van der Waals surface area contributed by atoms with E-state index in [0.717, 1.165) is 33.9 Å². The molecule has 1 aromatic heterocycles. The van der Waals surface area contributed by atoms with Gasteiger partial charge in [0.25, 0.3) is 0 Å². The van der Waals surface area contributed by atoms with Crippen molar-refractivity contribution in [2.24, 2.45) is 0 Å². The summed E-state index contributed by atoms with van der Waals surface area (Å²) in [5.74, 6) is 3.42. The topological polar surface area (TPSA) is 49.2 Å². The Balaban J connectivity index is 1.62. The molecule has 31 heavy (non-hydrogen) atoms. The molecule has 0 N–H and O–H groups in total. The highest BCUT2D eigenvalue weighted by Crippen LogP contribution is 2.28. The summed E-state index contributed by atoms with van der Waals surface area (Å²) in [7, 11) is 1.68. The fraction of sp³-hybridized carbons (Fsp3) is 0.200. The maximum atomic E-state index is 5.60. The molecule has 0 bridgehead atoms. The normalized spacial score (nSPS) is 10.8. The third-order valence-corrected chi connectivity index (χ3v) is 5.84. The zero-order valence-corrected chi connectivity index (χ0v) is 18.5. The first-order valence-electron chi connectivity index (χ1n) is 10.2. The second-order valence-corrected chi connectivity index (χ2v) is 7.90. The van der Waals surface area contributed by atoms with E-state index in [4.69, 9.17) is 9.47 Å². The summed E-state index contributed by atoms with van der Waals surface area (Å²) < 4.78 is 13.0. The maximum absolute atomic E-state index is 5.60. The van der Waals surface area contributed by atoms with Crippen molar-refractivity contribution in [3.05, 3.63) is 95.8 Å². The molecule has 0 radical (unpaired) electrons. The lowest BCUT2D eigenvalue weighted by Crippen LogP contribution is -2.04. The van der Waals surface area contributed by atoms with Gasteiger partial charge in [0.2, 0.25) is 0 Å². The van der Waals surface area contributed by atoms with Crippen LogP contribution in [0.25, 0.3) is 5.69 Å². The summed E-state index contributed by atoms with van der Waals surface area (Å²) >= 11 is 1.67. The molecule has 6 heteroatoms. The highest BCUT2D eigenvalue weighted by Gasteiger charge is 2.15. The molecule has 0 saturated carbocycles. The number of rotatable bonds is 9. The molecule has 0 aliphatic carbocycles. The van der Waals surface area contributed by atoms with Gasteiger partial charge in [0, 0.05) is 17.9 Å². The third-order valence-electron chi connectivity index (χ3n) is 4.84. The zero-order valence-electron chi connectivity index (χ0n) is 17.7. The lowest BCUT2D eigenvalue weighted by atomic mass is 10.1. The van der Waals surface area contributed by atoms with Crippen LogP contribution >= 0.6 is 11.8 Å². The smallest absolute Gasteiger partial charge is 0.196 e. The van der Waals surface area contributed by atoms with Crippen molar-refractivity contribution < 1.29 is 9.47 Å². The van der Waals surface area contributed by atoms with Crippen molar-refractivity contribution in [2.45, 2.75) is 24.3 Å². The maximum Gasteiger partial charge on any atom is 0.196 e. The van der Waals surface area contributed by atoms with Crippen LogP contribution in [0.15, 0.2) is 84.0 Å². The fourth-order valence-corrected chi connectivity index (χ4v) is 4.20. The number of ether oxygens (including phenoxy) is 2. The van der Waals surface area contributed by atoms with Gasteiger partial charge in [-0.05, 0) is 54.4 Å². The van der Waals surface area contributed by atoms with E-state index in [2.05, 4.69) is 51.2 Å². The average molecular weight is 432 g/mol. The molecule has 0 unspecified atom stereocenters. The summed E-state index contributed by atoms with van der Waals surface area (Å²) in [6.45, 7) is 2.63. The minimum atomic E-state index is 0.647. The number of hydrogen-bond donors (Lipinski definition) is 0. The summed E-state index contributed by atoms with van der Waals surface area (Å²) in [5.41, 5.74) is 3.43. The molecule has 4 aromatic rings. The van der Waals surface area contributed by atoms with Crippen molar-refractivity contribution in [3.63, 3.8) is 0 Å². The van der Waals surface area contributed by atoms with Gasteiger partial charge in [0.1, 0.15) is 17.3 Å². The number of hydrogen-bond acceptors (Lipinski definition) is 5. The van der Waals surface area contributed by atoms with Crippen LogP contribution in [0, 0.1) is 0 Å². The van der Waals surface area contributed by atoms with Crippen molar-refractivity contribution in [1.82, 2.24) is 14.8 Å². The Hall–Kier alpha value is -3.25. The van der Waals surface area contributed by atoms with Crippen LogP contribution in [0.1, 0.15) is 23.9 Å². The molecule has 0 spiro atoms. The van der Waals surface area contributed by atoms with E-state index in [1.807, 2.05) is 49.4 Å². The molecule has 1 heterocycles. The zero-order chi connectivity index (χ0) is 21.5. The molecular formula is C25H25N3O2S. The largest absolute Gasteiger partial charge is 0.497 e. The van der Waals surface area contributed by atoms with E-state index in [1.165, 1.54) is 11.1 Å². The molecule has 158 valence electrons. The van der Waals surface area contributed by atoms with Gasteiger partial charge < -0.3 is 9.47 Å². The van der Waals surface area contributed by atoms with Crippen LogP contribution in [0.2, 0.25) is 0 Å². The van der Waals surface area contributed by atoms with Gasteiger partial charge >= 0.3 is 0 Å². The van der Waals surface area contributed by atoms with Crippen molar-refractivity contribution in [1.29, 1.82) is 0 Å². The Morgan fingerprint density at radius 3 is 2.19 bits per heavy atom. The summed E-state index contributed by atoms with van der Waals surface area (Å²) in [6.07, 6.45) is 0.712. The molecule has 0 atom stereocenters. The van der Waals surface area contributed by atoms with Crippen LogP contribution in [-0.2, 0) is 12.2 Å². The predicted molar refractivity (Wildman–Crippen MR) is 124 cm³/mol. The molecule has 0 saturated heterocycles. The number of aromatic nitrogens is 3. The molecule has 0 amide bonds. The van der Waals surface area contributed by atoms with Crippen molar-refractivity contribution in [2.75, 3.05) is 13.7 Å². The monoisotopic (exact) mass is 431 g/mol. The first-order chi connectivity index (χ1) is 15.3. The Bertz CT molecular complexity index is 1090. The minimum Gasteiger partial charge on any atom is -0.497 e. The quantitative estimate of drug-likeness (QED) is 0.325. The van der Waals surface area contributed by atoms with E-state index in [1.54, 1.807) is 18.9 Å². The molecule has 5 nitrogen and oxygen atoms in total. The van der Waals surface area contributed by atoms with Gasteiger partial charge in [0.05, 0.1) is 13.7 Å². The van der Waals surface area contributed by atoms with Crippen LogP contribution in [0.5, 0.6) is 11.5 Å². The van der Waals surface area contributed by atoms with E-state index >= 15 is 0 Å². The standard InChI is InChI=1S/C25H25N3O2S/c1-3-30-23-15-11-21(12-16-23)28-24(17-19-7-5-4-6-8-19)26-27-25(28)31-18-20-9-13-22(29-2)14-10-20/h4-16H,3,17-18H2,1-2H3. The van der Waals surface area contributed by atoms with E-state index in [0.29, 0.717) is 13.0 Å². The number of thioether (sulfide) groups is 1. The Morgan fingerprint density at radius 1 is 0.806 bits per heavy atom. The molecular weight excluding hydrogens is 406 g/mol. The van der Waals surface area contributed by atoms with Gasteiger partial charge in [-0.1, -0.05) is 54.2 Å². The predicted octanol–water partition coefficient (Wildman–Crippen LogP) is 5.56. The highest BCUT2D eigenvalue weighted by atomic mass is 32.2. The fourth-order valence-electron chi connectivity index (χ4n) is 3.27. The average Bonchev–Trinajstić information content (AvgIpc) is 3.21. The Kier molecular flexibility index (Phi) is 6.89. The van der Waals surface area contributed by atoms with Gasteiger partial charge in [-0.25, -0.2) is 0 Å². The van der Waals surface area contributed by atoms with Crippen molar-refractivity contribution >= 4 is 11.8 Å². The summed E-state index contributed by atoms with van der Waals surface area (Å²) in [5, 5.41) is 9.91. The minimum absolute atomic E-state index is 0.647. The number of benzene rings is 3. The number of methoxy groups -OCH3 is 1. The van der Waals surface area contributed by atoms with E-state index < -0.39 is 0 Å². The van der Waals surface area contributed by atoms with Gasteiger partial charge in [-0.3, -0.25) is 4.57 Å². The van der Waals surface area contributed by atoms with Crippen LogP contribution in [0.4, 0.5) is 0 Å². The first kappa shape index (κ1) is 21.0. The lowest BCUT2D eigenvalue weighted by molar-refractivity contribution is 0.340. The Morgan fingerprint density at radius 2 is 1.52 bits per heavy atom. The van der Waals surface area contributed by atoms with Gasteiger partial charge in [-0.2, -0.15) is 0 Å². The molecule has 4 rings (SSSR count). The molecule has 0 aliphatic rings. The first-order valence-corrected chi connectivity index (χ1v) is 11.2. The third kappa shape index (κ3) is 5.27. The van der Waals surface area contributed by atoms with Crippen molar-refractivity contribution in [3.8, 4) is 17.2 Å². The highest BCUT2D eigenvalue weighted by molar-refractivity contribution is 7.98. The Labute approximate surface area is 187 Å². The summed E-state index contributed by atoms with van der Waals surface area (Å²) in [6, 6.07) is 26.6. The van der Waals surface area contributed by atoms with Gasteiger partial charge in [-0.15, -0.1) is 10.2 Å². The SMILES string of the molecule is CCOc1ccc(-n2c(Cc3ccccc3)nnc2SCc2ccc(OC)cc2)cc1. The number of nitrogens with zero attached hydrogens (tertiary/aromatic N) is 3. The van der Waals surface area contributed by atoms with Crippen LogP contribution in [0.3, 0.4) is 0 Å². The van der Waals surface area contributed by atoms with E-state index in [9.17, 15) is 0 Å². The van der Waals surface area contributed by atoms with Crippen LogP contribution in [-0.4, -0.2) is 28.5 Å². The molecule has 3 aromatic carbocycles. The summed E-state index contributed by atoms with van der Waals surface area (Å²) in [4.78, 5) is 0. The lowest BCUT2D eigenvalue weighted by Gasteiger charge is -2.12. The van der Waals surface area contributed by atoms with Crippen LogP contribution < -0.4 is 9.47 Å². The molecule has 0 fully saturated rings. The van der Waals surface area contributed by atoms with E-state index in [-0.39, 0.29) is 0 Å². The second-order valence-electron chi connectivity index (χ2n) is 6.96. The molecule has 0 aliphatic heterocycles. The second kappa shape index (κ2) is 10.2. The van der Waals surface area contributed by atoms with Gasteiger partial charge in [0.15, 0.2) is 5.16 Å².